The Hall–Kier alpha value is -0.870. The third-order valence-corrected chi connectivity index (χ3v) is 3.66. The van der Waals surface area contributed by atoms with Gasteiger partial charge in [-0.2, -0.15) is 0 Å². The van der Waals surface area contributed by atoms with Gasteiger partial charge in [-0.1, -0.05) is 19.4 Å². The Morgan fingerprint density at radius 3 is 2.83 bits per heavy atom. The summed E-state index contributed by atoms with van der Waals surface area (Å²) in [6, 6.07) is 4.03. The van der Waals surface area contributed by atoms with Crippen LogP contribution in [0.1, 0.15) is 50.5 Å². The van der Waals surface area contributed by atoms with Gasteiger partial charge in [0.25, 0.3) is 0 Å². The highest BCUT2D eigenvalue weighted by atomic mass is 32.1. The molecule has 0 spiro atoms. The molecule has 1 heterocycles. The molecule has 0 aliphatic heterocycles. The van der Waals surface area contributed by atoms with Crippen LogP contribution in [0.5, 0.6) is 0 Å². The second-order valence-electron chi connectivity index (χ2n) is 4.36. The van der Waals surface area contributed by atoms with Crippen molar-refractivity contribution in [3.63, 3.8) is 0 Å². The summed E-state index contributed by atoms with van der Waals surface area (Å²) in [5.74, 6) is -0.202. The van der Waals surface area contributed by atoms with Gasteiger partial charge in [0.1, 0.15) is 6.10 Å². The summed E-state index contributed by atoms with van der Waals surface area (Å²) in [5.41, 5.74) is 0. The van der Waals surface area contributed by atoms with Crippen molar-refractivity contribution in [3.8, 4) is 0 Å². The van der Waals surface area contributed by atoms with E-state index in [1.54, 1.807) is 11.3 Å². The third kappa shape index (κ3) is 6.17. The number of carbonyl (C=O) groups is 1. The zero-order chi connectivity index (χ0) is 13.2. The quantitative estimate of drug-likeness (QED) is 0.550. The molecule has 1 rings (SSSR count). The maximum atomic E-state index is 11.1. The van der Waals surface area contributed by atoms with Crippen molar-refractivity contribution >= 4 is 17.3 Å². The fraction of sp³-hybridized carbons (Fsp3) is 0.643. The fourth-order valence-corrected chi connectivity index (χ4v) is 2.56. The molecule has 4 heteroatoms. The standard InChI is InChI=1S/C14H23NO2S/c1-3-4-9-15-10-5-7-13(17-12(2)16)14-8-6-11-18-14/h6,8,11,13,15H,3-5,7,9-10H2,1-2H3. The molecule has 0 aliphatic carbocycles. The Morgan fingerprint density at radius 1 is 1.44 bits per heavy atom. The van der Waals surface area contributed by atoms with Crippen molar-refractivity contribution < 1.29 is 9.53 Å². The third-order valence-electron chi connectivity index (χ3n) is 2.70. The molecule has 0 radical (unpaired) electrons. The second-order valence-corrected chi connectivity index (χ2v) is 5.34. The molecule has 0 fully saturated rings. The maximum absolute atomic E-state index is 11.1. The number of thiophene rings is 1. The van der Waals surface area contributed by atoms with E-state index in [9.17, 15) is 4.79 Å². The van der Waals surface area contributed by atoms with E-state index in [2.05, 4.69) is 12.2 Å². The second kappa shape index (κ2) is 9.11. The number of rotatable bonds is 9. The summed E-state index contributed by atoms with van der Waals surface area (Å²) in [6.45, 7) is 5.73. The minimum Gasteiger partial charge on any atom is -0.457 e. The molecule has 1 N–H and O–H groups in total. The van der Waals surface area contributed by atoms with E-state index in [1.807, 2.05) is 17.5 Å². The Morgan fingerprint density at radius 2 is 2.22 bits per heavy atom. The van der Waals surface area contributed by atoms with E-state index in [1.165, 1.54) is 19.8 Å². The lowest BCUT2D eigenvalue weighted by Gasteiger charge is -2.15. The van der Waals surface area contributed by atoms with Crippen LogP contribution < -0.4 is 5.32 Å². The van der Waals surface area contributed by atoms with E-state index >= 15 is 0 Å². The first-order valence-corrected chi connectivity index (χ1v) is 7.53. The molecule has 0 aromatic carbocycles. The van der Waals surface area contributed by atoms with Crippen molar-refractivity contribution in [1.82, 2.24) is 5.32 Å². The van der Waals surface area contributed by atoms with Crippen LogP contribution in [-0.2, 0) is 9.53 Å². The predicted octanol–water partition coefficient (Wildman–Crippen LogP) is 3.52. The lowest BCUT2D eigenvalue weighted by atomic mass is 10.1. The minimum absolute atomic E-state index is 0.0736. The van der Waals surface area contributed by atoms with Gasteiger partial charge in [-0.15, -0.1) is 11.3 Å². The molecule has 1 aromatic rings. The van der Waals surface area contributed by atoms with Crippen molar-refractivity contribution in [2.45, 2.75) is 45.6 Å². The van der Waals surface area contributed by atoms with Crippen LogP contribution in [-0.4, -0.2) is 19.1 Å². The Balaban J connectivity index is 2.27. The summed E-state index contributed by atoms with van der Waals surface area (Å²) < 4.78 is 5.37. The van der Waals surface area contributed by atoms with Crippen LogP contribution >= 0.6 is 11.3 Å². The average Bonchev–Trinajstić information content (AvgIpc) is 2.85. The smallest absolute Gasteiger partial charge is 0.303 e. The highest BCUT2D eigenvalue weighted by Gasteiger charge is 2.15. The molecule has 0 aliphatic rings. The summed E-state index contributed by atoms with van der Waals surface area (Å²) in [5, 5.41) is 5.42. The van der Waals surface area contributed by atoms with E-state index in [4.69, 9.17) is 4.74 Å². The molecule has 0 saturated carbocycles. The summed E-state index contributed by atoms with van der Waals surface area (Å²) in [6.07, 6.45) is 4.28. The van der Waals surface area contributed by atoms with Gasteiger partial charge in [-0.3, -0.25) is 4.79 Å². The Labute approximate surface area is 114 Å². The van der Waals surface area contributed by atoms with E-state index < -0.39 is 0 Å². The van der Waals surface area contributed by atoms with Gasteiger partial charge in [-0.05, 0) is 43.8 Å². The van der Waals surface area contributed by atoms with Gasteiger partial charge < -0.3 is 10.1 Å². The van der Waals surface area contributed by atoms with Crippen molar-refractivity contribution in [2.24, 2.45) is 0 Å². The number of ether oxygens (including phenoxy) is 1. The zero-order valence-corrected chi connectivity index (χ0v) is 12.1. The van der Waals surface area contributed by atoms with Crippen LogP contribution in [0.25, 0.3) is 0 Å². The summed E-state index contributed by atoms with van der Waals surface area (Å²) >= 11 is 1.65. The number of hydrogen-bond donors (Lipinski definition) is 1. The number of esters is 1. The highest BCUT2D eigenvalue weighted by Crippen LogP contribution is 2.26. The van der Waals surface area contributed by atoms with Crippen LogP contribution in [0.15, 0.2) is 17.5 Å². The topological polar surface area (TPSA) is 38.3 Å². The van der Waals surface area contributed by atoms with E-state index in [0.29, 0.717) is 0 Å². The molecule has 1 aromatic heterocycles. The Bertz CT molecular complexity index is 325. The largest absolute Gasteiger partial charge is 0.457 e. The first-order valence-electron chi connectivity index (χ1n) is 6.65. The first-order chi connectivity index (χ1) is 8.74. The number of hydrogen-bond acceptors (Lipinski definition) is 4. The van der Waals surface area contributed by atoms with Gasteiger partial charge in [0.05, 0.1) is 0 Å². The molecular formula is C14H23NO2S. The normalized spacial score (nSPS) is 12.3. The highest BCUT2D eigenvalue weighted by molar-refractivity contribution is 7.10. The lowest BCUT2D eigenvalue weighted by molar-refractivity contribution is -0.146. The van der Waals surface area contributed by atoms with Gasteiger partial charge >= 0.3 is 5.97 Å². The van der Waals surface area contributed by atoms with Crippen LogP contribution in [0.2, 0.25) is 0 Å². The molecule has 18 heavy (non-hydrogen) atoms. The molecule has 102 valence electrons. The molecule has 0 bridgehead atoms. The van der Waals surface area contributed by atoms with Crippen molar-refractivity contribution in [2.75, 3.05) is 13.1 Å². The fourth-order valence-electron chi connectivity index (χ4n) is 1.77. The van der Waals surface area contributed by atoms with Crippen LogP contribution in [0.4, 0.5) is 0 Å². The molecule has 3 nitrogen and oxygen atoms in total. The molecule has 1 atom stereocenters. The monoisotopic (exact) mass is 269 g/mol. The molecular weight excluding hydrogens is 246 g/mol. The van der Waals surface area contributed by atoms with Gasteiger partial charge in [-0.25, -0.2) is 0 Å². The average molecular weight is 269 g/mol. The number of unbranched alkanes of at least 4 members (excludes halogenated alkanes) is 1. The number of carbonyl (C=O) groups excluding carboxylic acids is 1. The molecule has 0 amide bonds. The van der Waals surface area contributed by atoms with E-state index in [0.717, 1.165) is 30.8 Å². The van der Waals surface area contributed by atoms with E-state index in [-0.39, 0.29) is 12.1 Å². The van der Waals surface area contributed by atoms with Crippen LogP contribution in [0.3, 0.4) is 0 Å². The van der Waals surface area contributed by atoms with Gasteiger partial charge in [0, 0.05) is 11.8 Å². The van der Waals surface area contributed by atoms with Gasteiger partial charge in [0.15, 0.2) is 0 Å². The summed E-state index contributed by atoms with van der Waals surface area (Å²) in [4.78, 5) is 12.2. The van der Waals surface area contributed by atoms with Crippen molar-refractivity contribution in [1.29, 1.82) is 0 Å². The maximum Gasteiger partial charge on any atom is 0.303 e. The predicted molar refractivity (Wildman–Crippen MR) is 75.8 cm³/mol. The van der Waals surface area contributed by atoms with Crippen LogP contribution in [0, 0.1) is 0 Å². The lowest BCUT2D eigenvalue weighted by Crippen LogP contribution is -2.18. The Kier molecular flexibility index (Phi) is 7.69. The number of nitrogens with one attached hydrogen (secondary N) is 1. The zero-order valence-electron chi connectivity index (χ0n) is 11.3. The van der Waals surface area contributed by atoms with Gasteiger partial charge in [0.2, 0.25) is 0 Å². The first kappa shape index (κ1) is 15.2. The molecule has 0 saturated heterocycles. The molecule has 1 unspecified atom stereocenters. The van der Waals surface area contributed by atoms with Crippen molar-refractivity contribution in [3.05, 3.63) is 22.4 Å². The summed E-state index contributed by atoms with van der Waals surface area (Å²) in [7, 11) is 0. The SMILES string of the molecule is CCCCNCCCC(OC(C)=O)c1cccs1. The minimum atomic E-state index is -0.202.